The summed E-state index contributed by atoms with van der Waals surface area (Å²) in [6.07, 6.45) is 0. The van der Waals surface area contributed by atoms with Gasteiger partial charge in [-0.25, -0.2) is 0 Å². The first kappa shape index (κ1) is 16.7. The summed E-state index contributed by atoms with van der Waals surface area (Å²) in [6.45, 7) is 0. The summed E-state index contributed by atoms with van der Waals surface area (Å²) >= 11 is 10.4. The van der Waals surface area contributed by atoms with Crippen molar-refractivity contribution in [3.8, 4) is 34.1 Å². The van der Waals surface area contributed by atoms with Crippen LogP contribution in [0.4, 0.5) is 0 Å². The highest BCUT2D eigenvalue weighted by molar-refractivity contribution is 7.80. The molecule has 0 aliphatic rings. The molecule has 2 rings (SSSR count). The van der Waals surface area contributed by atoms with Gasteiger partial charge in [-0.3, -0.25) is 10.1 Å². The average Bonchev–Trinajstić information content (AvgIpc) is 2.46. The highest BCUT2D eigenvalue weighted by Crippen LogP contribution is 2.47. The Balaban J connectivity index is 2.79. The van der Waals surface area contributed by atoms with Crippen molar-refractivity contribution in [3.63, 3.8) is 0 Å². The first-order valence-electron chi connectivity index (χ1n) is 6.10. The fraction of sp³-hybridized carbons (Fsp3) is 0. The number of aromatic hydroxyl groups is 4. The van der Waals surface area contributed by atoms with Crippen LogP contribution in [-0.4, -0.2) is 31.4 Å². The van der Waals surface area contributed by atoms with Crippen LogP contribution in [0.25, 0.3) is 11.1 Å². The zero-order chi connectivity index (χ0) is 17.3. The summed E-state index contributed by atoms with van der Waals surface area (Å²) in [7, 11) is 0. The maximum atomic E-state index is 12.2. The molecule has 0 unspecified atom stereocenters. The first-order valence-corrected chi connectivity index (χ1v) is 6.88. The molecule has 0 atom stereocenters. The van der Waals surface area contributed by atoms with Crippen molar-refractivity contribution in [2.75, 3.05) is 0 Å². The highest BCUT2D eigenvalue weighted by atomic mass is 35.5. The van der Waals surface area contributed by atoms with E-state index in [-0.39, 0.29) is 32.6 Å². The molecule has 9 heteroatoms. The fourth-order valence-electron chi connectivity index (χ4n) is 1.98. The van der Waals surface area contributed by atoms with Crippen LogP contribution in [0, 0.1) is 0 Å². The van der Waals surface area contributed by atoms with Crippen LogP contribution < -0.4 is 11.1 Å². The summed E-state index contributed by atoms with van der Waals surface area (Å²) in [5.41, 5.74) is 4.69. The van der Waals surface area contributed by atoms with Crippen molar-refractivity contribution in [1.29, 1.82) is 0 Å². The lowest BCUT2D eigenvalue weighted by molar-refractivity contribution is 0.0977. The Morgan fingerprint density at radius 2 is 1.74 bits per heavy atom. The van der Waals surface area contributed by atoms with Crippen LogP contribution in [0.3, 0.4) is 0 Å². The fourth-order valence-corrected chi connectivity index (χ4v) is 2.25. The van der Waals surface area contributed by atoms with Gasteiger partial charge < -0.3 is 26.2 Å². The molecular formula is C14H11ClN2O5S. The summed E-state index contributed by atoms with van der Waals surface area (Å²) < 4.78 is 0. The smallest absolute Gasteiger partial charge is 0.258 e. The number of amides is 1. The average molecular weight is 355 g/mol. The van der Waals surface area contributed by atoms with E-state index in [4.69, 9.17) is 17.3 Å². The number of thiocarbonyl (C=S) groups is 1. The summed E-state index contributed by atoms with van der Waals surface area (Å²) in [4.78, 5) is 12.2. The highest BCUT2D eigenvalue weighted by Gasteiger charge is 2.25. The lowest BCUT2D eigenvalue weighted by Crippen LogP contribution is -2.35. The molecule has 23 heavy (non-hydrogen) atoms. The molecule has 120 valence electrons. The minimum Gasteiger partial charge on any atom is -0.507 e. The third-order valence-electron chi connectivity index (χ3n) is 2.96. The van der Waals surface area contributed by atoms with Gasteiger partial charge in [0.2, 0.25) is 5.75 Å². The van der Waals surface area contributed by atoms with Crippen molar-refractivity contribution in [2.24, 2.45) is 5.73 Å². The van der Waals surface area contributed by atoms with E-state index < -0.39 is 23.2 Å². The van der Waals surface area contributed by atoms with Gasteiger partial charge in [0.15, 0.2) is 16.6 Å². The molecule has 0 bridgehead atoms. The number of nitrogens with one attached hydrogen (secondary N) is 1. The van der Waals surface area contributed by atoms with Crippen molar-refractivity contribution in [2.45, 2.75) is 0 Å². The summed E-state index contributed by atoms with van der Waals surface area (Å²) in [5.74, 6) is -3.56. The van der Waals surface area contributed by atoms with E-state index in [1.54, 1.807) is 0 Å². The number of nitrogens with two attached hydrogens (primary N) is 1. The zero-order valence-electron chi connectivity index (χ0n) is 11.4. The quantitative estimate of drug-likeness (QED) is 0.357. The monoisotopic (exact) mass is 354 g/mol. The van der Waals surface area contributed by atoms with E-state index in [0.29, 0.717) is 0 Å². The van der Waals surface area contributed by atoms with Gasteiger partial charge in [-0.1, -0.05) is 11.6 Å². The number of rotatable bonds is 2. The molecule has 7 nitrogen and oxygen atoms in total. The Morgan fingerprint density at radius 1 is 1.09 bits per heavy atom. The number of carbonyl (C=O) groups excluding carboxylic acids is 1. The van der Waals surface area contributed by atoms with E-state index in [1.807, 2.05) is 0 Å². The van der Waals surface area contributed by atoms with E-state index >= 15 is 0 Å². The van der Waals surface area contributed by atoms with Gasteiger partial charge >= 0.3 is 0 Å². The van der Waals surface area contributed by atoms with Crippen LogP contribution >= 0.6 is 23.8 Å². The molecule has 7 N–H and O–H groups in total. The second-order valence-corrected chi connectivity index (χ2v) is 5.37. The molecule has 0 aliphatic carbocycles. The van der Waals surface area contributed by atoms with Gasteiger partial charge in [0, 0.05) is 16.1 Å². The molecule has 1 amide bonds. The Labute approximate surface area is 140 Å². The van der Waals surface area contributed by atoms with Gasteiger partial charge in [-0.05, 0) is 36.5 Å². The summed E-state index contributed by atoms with van der Waals surface area (Å²) in [6, 6.07) is 4.82. The van der Waals surface area contributed by atoms with E-state index in [1.165, 1.54) is 18.2 Å². The molecular weight excluding hydrogens is 344 g/mol. The van der Waals surface area contributed by atoms with Crippen LogP contribution in [0.1, 0.15) is 10.4 Å². The lowest BCUT2D eigenvalue weighted by Gasteiger charge is -2.15. The molecule has 0 saturated heterocycles. The van der Waals surface area contributed by atoms with Crippen LogP contribution in [0.15, 0.2) is 24.3 Å². The number of halogens is 1. The van der Waals surface area contributed by atoms with Gasteiger partial charge in [0.05, 0.1) is 5.56 Å². The SMILES string of the molecule is NC(=S)NC(=O)c1cc(O)c(O)c(O)c1-c1cc(Cl)ccc1O. The minimum atomic E-state index is -0.855. The Bertz CT molecular complexity index is 825. The van der Waals surface area contributed by atoms with Crippen molar-refractivity contribution in [3.05, 3.63) is 34.9 Å². The van der Waals surface area contributed by atoms with Crippen LogP contribution in [-0.2, 0) is 0 Å². The predicted molar refractivity (Wildman–Crippen MR) is 87.8 cm³/mol. The van der Waals surface area contributed by atoms with E-state index in [0.717, 1.165) is 6.07 Å². The molecule has 0 fully saturated rings. The largest absolute Gasteiger partial charge is 0.507 e. The van der Waals surface area contributed by atoms with Crippen molar-refractivity contribution in [1.82, 2.24) is 5.32 Å². The van der Waals surface area contributed by atoms with Gasteiger partial charge in [0.1, 0.15) is 5.75 Å². The predicted octanol–water partition coefficient (Wildman–Crippen LogP) is 1.80. The first-order chi connectivity index (χ1) is 10.7. The topological polar surface area (TPSA) is 136 Å². The van der Waals surface area contributed by atoms with Crippen LogP contribution in [0.5, 0.6) is 23.0 Å². The molecule has 2 aromatic carbocycles. The Morgan fingerprint density at radius 3 is 2.35 bits per heavy atom. The molecule has 0 heterocycles. The number of hydrogen-bond acceptors (Lipinski definition) is 6. The van der Waals surface area contributed by atoms with Gasteiger partial charge in [0.25, 0.3) is 5.91 Å². The maximum Gasteiger partial charge on any atom is 0.258 e. The number of phenols is 4. The molecule has 0 aliphatic heterocycles. The zero-order valence-corrected chi connectivity index (χ0v) is 12.9. The number of phenolic OH excluding ortho intramolecular Hbond substituents is 4. The molecule has 0 radical (unpaired) electrons. The third-order valence-corrected chi connectivity index (χ3v) is 3.30. The van der Waals surface area contributed by atoms with E-state index in [9.17, 15) is 25.2 Å². The lowest BCUT2D eigenvalue weighted by atomic mass is 9.96. The van der Waals surface area contributed by atoms with Crippen molar-refractivity contribution >= 4 is 34.8 Å². The van der Waals surface area contributed by atoms with E-state index in [2.05, 4.69) is 17.5 Å². The Hall–Kier alpha value is -2.71. The van der Waals surface area contributed by atoms with Crippen LogP contribution in [0.2, 0.25) is 5.02 Å². The number of carbonyl (C=O) groups is 1. The second-order valence-electron chi connectivity index (χ2n) is 4.50. The molecule has 0 aromatic heterocycles. The number of benzene rings is 2. The third kappa shape index (κ3) is 3.22. The minimum absolute atomic E-state index is 0.0293. The second kappa shape index (κ2) is 6.19. The van der Waals surface area contributed by atoms with Gasteiger partial charge in [-0.15, -0.1) is 0 Å². The van der Waals surface area contributed by atoms with Crippen molar-refractivity contribution < 1.29 is 25.2 Å². The maximum absolute atomic E-state index is 12.2. The molecule has 2 aromatic rings. The molecule has 0 saturated carbocycles. The van der Waals surface area contributed by atoms with Gasteiger partial charge in [-0.2, -0.15) is 0 Å². The summed E-state index contributed by atoms with van der Waals surface area (Å²) in [5, 5.41) is 41.4. The Kier molecular flexibility index (Phi) is 4.48. The standard InChI is InChI=1S/C14H11ClN2O5S/c15-5-1-2-8(18)6(3-5)10-7(13(22)17-14(16)23)4-9(19)11(20)12(10)21/h1-4,18-21H,(H3,16,17,22,23). The number of hydrogen-bond donors (Lipinski definition) is 6. The normalized spacial score (nSPS) is 10.3. The molecule has 0 spiro atoms.